The molecule has 0 bridgehead atoms. The van der Waals surface area contributed by atoms with Gasteiger partial charge < -0.3 is 10.5 Å². The lowest BCUT2D eigenvalue weighted by molar-refractivity contribution is -0.137. The van der Waals surface area contributed by atoms with Crippen molar-refractivity contribution in [3.8, 4) is 0 Å². The van der Waals surface area contributed by atoms with E-state index in [9.17, 15) is 13.2 Å². The summed E-state index contributed by atoms with van der Waals surface area (Å²) in [6.45, 7) is 0.544. The Morgan fingerprint density at radius 2 is 1.92 bits per heavy atom. The number of nitrogens with zero attached hydrogens (tertiary/aromatic N) is 1. The molecule has 3 nitrogen and oxygen atoms in total. The van der Waals surface area contributed by atoms with Crippen LogP contribution in [0.2, 0.25) is 0 Å². The summed E-state index contributed by atoms with van der Waals surface area (Å²) in [5, 5.41) is 0.613. The number of methoxy groups -OCH3 is 1. The van der Waals surface area contributed by atoms with E-state index in [-0.39, 0.29) is 12.0 Å². The van der Waals surface area contributed by atoms with E-state index < -0.39 is 11.7 Å². The van der Waals surface area contributed by atoms with Crippen molar-refractivity contribution in [2.24, 2.45) is 11.7 Å². The number of hydrogen-bond acceptors (Lipinski definition) is 3. The van der Waals surface area contributed by atoms with Crippen molar-refractivity contribution in [1.82, 2.24) is 4.98 Å². The molecule has 0 amide bonds. The molecule has 1 aromatic heterocycles. The van der Waals surface area contributed by atoms with Crippen molar-refractivity contribution >= 4 is 10.9 Å². The Labute approximate surface area is 145 Å². The normalized spacial score (nSPS) is 22.9. The van der Waals surface area contributed by atoms with Crippen molar-refractivity contribution in [2.75, 3.05) is 13.7 Å². The molecule has 1 fully saturated rings. The second-order valence-corrected chi connectivity index (χ2v) is 6.86. The molecule has 1 unspecified atom stereocenters. The Morgan fingerprint density at radius 3 is 2.56 bits per heavy atom. The number of fused-ring (bicyclic) bond motifs is 1. The lowest BCUT2D eigenvalue weighted by Gasteiger charge is -2.32. The maximum atomic E-state index is 13.1. The third kappa shape index (κ3) is 3.96. The summed E-state index contributed by atoms with van der Waals surface area (Å²) in [4.78, 5) is 4.22. The number of ether oxygens (including phenoxy) is 1. The fourth-order valence-electron chi connectivity index (χ4n) is 3.89. The van der Waals surface area contributed by atoms with Gasteiger partial charge in [-0.2, -0.15) is 13.2 Å². The molecule has 1 aliphatic rings. The van der Waals surface area contributed by atoms with E-state index in [2.05, 4.69) is 4.98 Å². The van der Waals surface area contributed by atoms with E-state index in [4.69, 9.17) is 10.5 Å². The molecule has 1 heterocycles. The average Bonchev–Trinajstić information content (AvgIpc) is 2.60. The number of nitrogens with two attached hydrogens (primary N) is 1. The first-order valence-electron chi connectivity index (χ1n) is 8.60. The van der Waals surface area contributed by atoms with E-state index in [0.29, 0.717) is 23.4 Å². The molecule has 3 rings (SSSR count). The number of benzene rings is 1. The van der Waals surface area contributed by atoms with Crippen LogP contribution in [0.15, 0.2) is 30.5 Å². The molecule has 1 atom stereocenters. The quantitative estimate of drug-likeness (QED) is 0.881. The van der Waals surface area contributed by atoms with Crippen LogP contribution in [0, 0.1) is 5.92 Å². The van der Waals surface area contributed by atoms with Crippen LogP contribution in [-0.4, -0.2) is 24.7 Å². The summed E-state index contributed by atoms with van der Waals surface area (Å²) in [5.41, 5.74) is 7.10. The Balaban J connectivity index is 1.84. The minimum Gasteiger partial charge on any atom is -0.383 e. The molecule has 0 radical (unpaired) electrons. The standard InChI is InChI=1S/C19H23F3N2O/c1-25-11-17(23)13-4-2-12(3-5-13)15-8-9-24-18-7-6-14(10-16(15)18)19(20,21)22/h6-10,12-13,17H,2-5,11,23H2,1H3/t12-,13+,17?. The molecule has 2 aromatic rings. The number of aromatic nitrogens is 1. The maximum absolute atomic E-state index is 13.1. The number of pyridine rings is 1. The summed E-state index contributed by atoms with van der Waals surface area (Å²) in [6, 6.07) is 5.68. The molecular weight excluding hydrogens is 329 g/mol. The second kappa shape index (κ2) is 7.30. The van der Waals surface area contributed by atoms with Crippen molar-refractivity contribution in [1.29, 1.82) is 0 Å². The zero-order chi connectivity index (χ0) is 18.0. The Hall–Kier alpha value is -1.66. The Kier molecular flexibility index (Phi) is 5.29. The molecule has 6 heteroatoms. The van der Waals surface area contributed by atoms with Crippen LogP contribution in [0.3, 0.4) is 0 Å². The van der Waals surface area contributed by atoms with E-state index in [1.165, 1.54) is 12.1 Å². The minimum atomic E-state index is -4.34. The number of rotatable bonds is 4. The van der Waals surface area contributed by atoms with Crippen LogP contribution < -0.4 is 5.73 Å². The lowest BCUT2D eigenvalue weighted by atomic mass is 9.75. The first kappa shape index (κ1) is 18.1. The summed E-state index contributed by atoms with van der Waals surface area (Å²) in [5.74, 6) is 0.662. The monoisotopic (exact) mass is 352 g/mol. The van der Waals surface area contributed by atoms with Crippen LogP contribution in [0.1, 0.15) is 42.7 Å². The Morgan fingerprint density at radius 1 is 1.20 bits per heavy atom. The van der Waals surface area contributed by atoms with Gasteiger partial charge in [0, 0.05) is 24.7 Å². The van der Waals surface area contributed by atoms with Gasteiger partial charge in [0.1, 0.15) is 0 Å². The SMILES string of the molecule is COCC(N)[C@H]1CC[C@@H](c2ccnc3ccc(C(F)(F)F)cc32)CC1. The largest absolute Gasteiger partial charge is 0.416 e. The molecule has 0 saturated heterocycles. The summed E-state index contributed by atoms with van der Waals surface area (Å²) < 4.78 is 44.3. The number of halogens is 3. The van der Waals surface area contributed by atoms with E-state index in [0.717, 1.165) is 37.3 Å². The lowest BCUT2D eigenvalue weighted by Crippen LogP contribution is -2.36. The molecule has 0 aliphatic heterocycles. The van der Waals surface area contributed by atoms with Crippen LogP contribution in [0.25, 0.3) is 10.9 Å². The topological polar surface area (TPSA) is 48.1 Å². The van der Waals surface area contributed by atoms with Gasteiger partial charge in [-0.3, -0.25) is 4.98 Å². The van der Waals surface area contributed by atoms with Gasteiger partial charge in [0.15, 0.2) is 0 Å². The highest BCUT2D eigenvalue weighted by Gasteiger charge is 2.32. The van der Waals surface area contributed by atoms with Gasteiger partial charge in [-0.15, -0.1) is 0 Å². The first-order valence-corrected chi connectivity index (χ1v) is 8.60. The number of hydrogen-bond donors (Lipinski definition) is 1. The van der Waals surface area contributed by atoms with Gasteiger partial charge in [-0.25, -0.2) is 0 Å². The van der Waals surface area contributed by atoms with Crippen molar-refractivity contribution in [3.63, 3.8) is 0 Å². The maximum Gasteiger partial charge on any atom is 0.416 e. The summed E-state index contributed by atoms with van der Waals surface area (Å²) in [7, 11) is 1.65. The molecule has 1 aliphatic carbocycles. The second-order valence-electron chi connectivity index (χ2n) is 6.86. The zero-order valence-electron chi connectivity index (χ0n) is 14.2. The number of alkyl halides is 3. The van der Waals surface area contributed by atoms with Crippen LogP contribution in [0.5, 0.6) is 0 Å². The van der Waals surface area contributed by atoms with Crippen LogP contribution in [-0.2, 0) is 10.9 Å². The summed E-state index contributed by atoms with van der Waals surface area (Å²) in [6.07, 6.45) is 1.14. The average molecular weight is 352 g/mol. The fraction of sp³-hybridized carbons (Fsp3) is 0.526. The van der Waals surface area contributed by atoms with Gasteiger partial charge in [-0.1, -0.05) is 0 Å². The van der Waals surface area contributed by atoms with E-state index in [1.54, 1.807) is 13.3 Å². The van der Waals surface area contributed by atoms with Gasteiger partial charge in [0.05, 0.1) is 17.7 Å². The van der Waals surface area contributed by atoms with Crippen molar-refractivity contribution < 1.29 is 17.9 Å². The van der Waals surface area contributed by atoms with Gasteiger partial charge >= 0.3 is 6.18 Å². The van der Waals surface area contributed by atoms with Gasteiger partial charge in [0.2, 0.25) is 0 Å². The molecule has 136 valence electrons. The van der Waals surface area contributed by atoms with E-state index in [1.807, 2.05) is 6.07 Å². The van der Waals surface area contributed by atoms with Crippen molar-refractivity contribution in [3.05, 3.63) is 41.6 Å². The van der Waals surface area contributed by atoms with Crippen LogP contribution in [0.4, 0.5) is 13.2 Å². The molecule has 1 saturated carbocycles. The molecule has 2 N–H and O–H groups in total. The van der Waals surface area contributed by atoms with E-state index >= 15 is 0 Å². The fourth-order valence-corrected chi connectivity index (χ4v) is 3.89. The highest BCUT2D eigenvalue weighted by atomic mass is 19.4. The third-order valence-electron chi connectivity index (χ3n) is 5.28. The molecule has 25 heavy (non-hydrogen) atoms. The zero-order valence-corrected chi connectivity index (χ0v) is 14.2. The predicted molar refractivity (Wildman–Crippen MR) is 91.3 cm³/mol. The third-order valence-corrected chi connectivity index (χ3v) is 5.28. The molecule has 0 spiro atoms. The van der Waals surface area contributed by atoms with Crippen LogP contribution >= 0.6 is 0 Å². The minimum absolute atomic E-state index is 0.0250. The first-order chi connectivity index (χ1) is 11.9. The highest BCUT2D eigenvalue weighted by molar-refractivity contribution is 5.83. The molecular formula is C19H23F3N2O. The van der Waals surface area contributed by atoms with Gasteiger partial charge in [-0.05, 0) is 67.3 Å². The summed E-state index contributed by atoms with van der Waals surface area (Å²) >= 11 is 0. The van der Waals surface area contributed by atoms with Crippen molar-refractivity contribution in [2.45, 2.75) is 43.8 Å². The highest BCUT2D eigenvalue weighted by Crippen LogP contribution is 2.40. The van der Waals surface area contributed by atoms with Gasteiger partial charge in [0.25, 0.3) is 0 Å². The Bertz CT molecular complexity index is 724. The molecule has 1 aromatic carbocycles. The smallest absolute Gasteiger partial charge is 0.383 e. The predicted octanol–water partition coefficient (Wildman–Crippen LogP) is 4.50.